The van der Waals surface area contributed by atoms with E-state index in [1.807, 2.05) is 44.2 Å². The minimum atomic E-state index is 0.294. The first-order valence-electron chi connectivity index (χ1n) is 8.33. The third-order valence-electron chi connectivity index (χ3n) is 3.55. The molecule has 0 saturated carbocycles. The first-order chi connectivity index (χ1) is 12.7. The van der Waals surface area contributed by atoms with Crippen LogP contribution < -0.4 is 14.8 Å². The number of anilines is 1. The number of aryl methyl sites for hydroxylation is 1. The Morgan fingerprint density at radius 2 is 1.92 bits per heavy atom. The molecule has 0 amide bonds. The van der Waals surface area contributed by atoms with Gasteiger partial charge in [-0.25, -0.2) is 0 Å². The fraction of sp³-hybridized carbons (Fsp3) is 0.333. The topological polar surface area (TPSA) is 95.2 Å². The summed E-state index contributed by atoms with van der Waals surface area (Å²) in [5, 5.41) is 6.98. The molecule has 0 fully saturated rings. The number of nitrogens with one attached hydrogen (secondary N) is 1. The Morgan fingerprint density at radius 1 is 1.12 bits per heavy atom. The van der Waals surface area contributed by atoms with Crippen molar-refractivity contribution in [2.75, 3.05) is 19.0 Å². The highest BCUT2D eigenvalue weighted by molar-refractivity contribution is 5.31. The van der Waals surface area contributed by atoms with Gasteiger partial charge in [0.15, 0.2) is 5.76 Å². The third-order valence-corrected chi connectivity index (χ3v) is 3.55. The van der Waals surface area contributed by atoms with E-state index in [1.165, 1.54) is 0 Å². The van der Waals surface area contributed by atoms with Crippen molar-refractivity contribution in [1.29, 1.82) is 0 Å². The number of ether oxygens (including phenoxy) is 2. The summed E-state index contributed by atoms with van der Waals surface area (Å²) >= 11 is 0. The molecule has 0 bridgehead atoms. The normalized spacial score (nSPS) is 10.6. The number of nitrogens with zero attached hydrogens (tertiary/aromatic N) is 4. The van der Waals surface area contributed by atoms with Gasteiger partial charge in [-0.15, -0.1) is 0 Å². The minimum Gasteiger partial charge on any atom is -0.497 e. The van der Waals surface area contributed by atoms with Gasteiger partial charge in [0, 0.05) is 12.5 Å². The molecule has 2 aromatic heterocycles. The maximum Gasteiger partial charge on any atom is 0.321 e. The summed E-state index contributed by atoms with van der Waals surface area (Å²) in [6, 6.07) is 9.93. The van der Waals surface area contributed by atoms with E-state index in [1.54, 1.807) is 7.11 Å². The van der Waals surface area contributed by atoms with Crippen molar-refractivity contribution in [3.05, 3.63) is 53.2 Å². The van der Waals surface area contributed by atoms with E-state index in [0.29, 0.717) is 43.1 Å². The predicted octanol–water partition coefficient (Wildman–Crippen LogP) is 2.78. The average Bonchev–Trinajstić information content (AvgIpc) is 3.06. The van der Waals surface area contributed by atoms with Gasteiger partial charge in [-0.3, -0.25) is 0 Å². The Kier molecular flexibility index (Phi) is 5.62. The summed E-state index contributed by atoms with van der Waals surface area (Å²) in [6.07, 6.45) is 0.558. The Hall–Kier alpha value is -3.16. The van der Waals surface area contributed by atoms with Gasteiger partial charge in [0.1, 0.15) is 11.6 Å². The molecule has 0 aliphatic carbocycles. The van der Waals surface area contributed by atoms with Gasteiger partial charge in [0.25, 0.3) is 0 Å². The van der Waals surface area contributed by atoms with E-state index < -0.39 is 0 Å². The first-order valence-corrected chi connectivity index (χ1v) is 8.33. The van der Waals surface area contributed by atoms with Crippen LogP contribution in [0.4, 0.5) is 5.95 Å². The number of hydrogen-bond donors (Lipinski definition) is 1. The molecule has 0 saturated heterocycles. The minimum absolute atomic E-state index is 0.294. The lowest BCUT2D eigenvalue weighted by molar-refractivity contribution is 0.310. The lowest BCUT2D eigenvalue weighted by atomic mass is 10.1. The monoisotopic (exact) mass is 355 g/mol. The lowest BCUT2D eigenvalue weighted by Gasteiger charge is -2.08. The van der Waals surface area contributed by atoms with E-state index in [-0.39, 0.29) is 0 Å². The maximum atomic E-state index is 5.46. The van der Waals surface area contributed by atoms with Crippen molar-refractivity contribution in [2.45, 2.75) is 26.8 Å². The van der Waals surface area contributed by atoms with E-state index >= 15 is 0 Å². The van der Waals surface area contributed by atoms with Crippen LogP contribution in [0.2, 0.25) is 0 Å². The summed E-state index contributed by atoms with van der Waals surface area (Å²) in [7, 11) is 1.64. The van der Waals surface area contributed by atoms with Crippen LogP contribution in [0.5, 0.6) is 11.8 Å². The molecule has 1 N–H and O–H groups in total. The molecule has 8 nitrogen and oxygen atoms in total. The Labute approximate surface area is 151 Å². The molecule has 0 atom stereocenters. The fourth-order valence-corrected chi connectivity index (χ4v) is 2.34. The summed E-state index contributed by atoms with van der Waals surface area (Å²) < 4.78 is 15.8. The van der Waals surface area contributed by atoms with Gasteiger partial charge in [-0.2, -0.15) is 15.0 Å². The number of rotatable bonds is 8. The van der Waals surface area contributed by atoms with Gasteiger partial charge in [0.2, 0.25) is 5.95 Å². The first kappa shape index (κ1) is 17.7. The van der Waals surface area contributed by atoms with Crippen molar-refractivity contribution in [3.8, 4) is 11.8 Å². The molecule has 3 aromatic rings. The van der Waals surface area contributed by atoms with Crippen molar-refractivity contribution < 1.29 is 14.0 Å². The molecule has 0 radical (unpaired) electrons. The lowest BCUT2D eigenvalue weighted by Crippen LogP contribution is -2.09. The zero-order chi connectivity index (χ0) is 18.4. The molecular weight excluding hydrogens is 334 g/mol. The van der Waals surface area contributed by atoms with E-state index in [2.05, 4.69) is 25.4 Å². The largest absolute Gasteiger partial charge is 0.497 e. The average molecular weight is 355 g/mol. The van der Waals surface area contributed by atoms with Crippen LogP contribution in [0.3, 0.4) is 0 Å². The van der Waals surface area contributed by atoms with Crippen LogP contribution in [0.1, 0.15) is 29.8 Å². The van der Waals surface area contributed by atoms with Gasteiger partial charge in [-0.1, -0.05) is 17.3 Å². The number of benzene rings is 1. The smallest absolute Gasteiger partial charge is 0.321 e. The second kappa shape index (κ2) is 8.28. The Bertz CT molecular complexity index is 848. The van der Waals surface area contributed by atoms with Crippen molar-refractivity contribution in [2.24, 2.45) is 0 Å². The van der Waals surface area contributed by atoms with Crippen molar-refractivity contribution in [1.82, 2.24) is 20.1 Å². The van der Waals surface area contributed by atoms with E-state index in [4.69, 9.17) is 14.0 Å². The fourth-order valence-electron chi connectivity index (χ4n) is 2.34. The number of methoxy groups -OCH3 is 1. The SMILES string of the molecule is CCOc1nc(Cc2ccc(OC)cc2)nc(NCc2cc(C)no2)n1. The summed E-state index contributed by atoms with van der Waals surface area (Å²) in [6.45, 7) is 4.67. The van der Waals surface area contributed by atoms with E-state index in [9.17, 15) is 0 Å². The Morgan fingerprint density at radius 3 is 2.58 bits per heavy atom. The van der Waals surface area contributed by atoms with Gasteiger partial charge >= 0.3 is 6.01 Å². The highest BCUT2D eigenvalue weighted by atomic mass is 16.5. The second-order valence-electron chi connectivity index (χ2n) is 5.60. The molecule has 3 rings (SSSR count). The standard InChI is InChI=1S/C18H21N5O3/c1-4-25-18-21-16(10-13-5-7-14(24-3)8-6-13)20-17(22-18)19-11-15-9-12(2)23-26-15/h5-9H,4,10-11H2,1-3H3,(H,19,20,21,22). The van der Waals surface area contributed by atoms with Crippen LogP contribution in [-0.4, -0.2) is 33.8 Å². The molecule has 8 heteroatoms. The third kappa shape index (κ3) is 4.69. The number of aromatic nitrogens is 4. The van der Waals surface area contributed by atoms with Crippen LogP contribution in [0, 0.1) is 6.92 Å². The van der Waals surface area contributed by atoms with Gasteiger partial charge in [0.05, 0.1) is 26.0 Å². The van der Waals surface area contributed by atoms with Crippen LogP contribution >= 0.6 is 0 Å². The van der Waals surface area contributed by atoms with E-state index in [0.717, 1.165) is 17.0 Å². The van der Waals surface area contributed by atoms with Crippen LogP contribution in [0.15, 0.2) is 34.9 Å². The number of hydrogen-bond acceptors (Lipinski definition) is 8. The summed E-state index contributed by atoms with van der Waals surface area (Å²) in [5.41, 5.74) is 1.89. The molecule has 2 heterocycles. The zero-order valence-corrected chi connectivity index (χ0v) is 15.0. The van der Waals surface area contributed by atoms with Crippen molar-refractivity contribution >= 4 is 5.95 Å². The quantitative estimate of drug-likeness (QED) is 0.659. The van der Waals surface area contributed by atoms with Gasteiger partial charge in [-0.05, 0) is 31.5 Å². The highest BCUT2D eigenvalue weighted by Crippen LogP contribution is 2.16. The van der Waals surface area contributed by atoms with Crippen LogP contribution in [0.25, 0.3) is 0 Å². The van der Waals surface area contributed by atoms with Crippen LogP contribution in [-0.2, 0) is 13.0 Å². The second-order valence-corrected chi connectivity index (χ2v) is 5.60. The van der Waals surface area contributed by atoms with Gasteiger partial charge < -0.3 is 19.3 Å². The molecule has 26 heavy (non-hydrogen) atoms. The molecular formula is C18H21N5O3. The predicted molar refractivity (Wildman–Crippen MR) is 95.4 cm³/mol. The molecule has 136 valence electrons. The molecule has 0 aliphatic heterocycles. The maximum absolute atomic E-state index is 5.46. The molecule has 0 spiro atoms. The summed E-state index contributed by atoms with van der Waals surface area (Å²) in [4.78, 5) is 13.1. The summed E-state index contributed by atoms with van der Waals surface area (Å²) in [5.74, 6) is 2.56. The Balaban J connectivity index is 1.75. The van der Waals surface area contributed by atoms with Crippen molar-refractivity contribution in [3.63, 3.8) is 0 Å². The molecule has 1 aromatic carbocycles. The molecule has 0 aliphatic rings. The molecule has 0 unspecified atom stereocenters. The zero-order valence-electron chi connectivity index (χ0n) is 15.0. The highest BCUT2D eigenvalue weighted by Gasteiger charge is 2.10.